The average molecular weight is 1480 g/mol. The van der Waals surface area contributed by atoms with E-state index in [0.29, 0.717) is 31.6 Å². The lowest BCUT2D eigenvalue weighted by molar-refractivity contribution is -0.161. The first-order valence-electron chi connectivity index (χ1n) is 42.3. The lowest BCUT2D eigenvalue weighted by Gasteiger charge is -2.21. The lowest BCUT2D eigenvalue weighted by Crippen LogP contribution is -2.30. The SMILES string of the molecule is CCC(C)CCCCCCCCCCCCCCCCCCCCC(=O)O[C@H](COC(=O)CCCCCCCCC(C)CC)COP(=O)(O)OC[C@H](O)COP(=O)(O)OC[C@@H](COC(=O)CCCCCCCCCC(C)C)OC(=O)CCCCCCCCCCCCCCCCCCC(C)C. The molecule has 0 fully saturated rings. The Hall–Kier alpha value is -1.94. The zero-order chi connectivity index (χ0) is 74.6. The van der Waals surface area contributed by atoms with Crippen molar-refractivity contribution in [2.24, 2.45) is 23.7 Å². The molecule has 600 valence electrons. The fraction of sp³-hybridized carbons (Fsp3) is 0.951. The third-order valence-corrected chi connectivity index (χ3v) is 21.7. The normalized spacial score (nSPS) is 14.5. The smallest absolute Gasteiger partial charge is 0.462 e. The van der Waals surface area contributed by atoms with Gasteiger partial charge in [0, 0.05) is 25.7 Å². The summed E-state index contributed by atoms with van der Waals surface area (Å²) >= 11 is 0. The molecule has 0 amide bonds. The summed E-state index contributed by atoms with van der Waals surface area (Å²) in [5.41, 5.74) is 0. The molecular weight excluding hydrogens is 1320 g/mol. The molecule has 101 heavy (non-hydrogen) atoms. The van der Waals surface area contributed by atoms with E-state index in [9.17, 15) is 43.2 Å². The number of aliphatic hydroxyl groups is 1. The number of unbranched alkanes of at least 4 members (excludes halogenated alkanes) is 43. The Morgan fingerprint density at radius 1 is 0.277 bits per heavy atom. The first-order chi connectivity index (χ1) is 48.7. The first-order valence-corrected chi connectivity index (χ1v) is 45.3. The van der Waals surface area contributed by atoms with Gasteiger partial charge in [-0.2, -0.15) is 0 Å². The summed E-state index contributed by atoms with van der Waals surface area (Å²) in [6, 6.07) is 0. The predicted molar refractivity (Wildman–Crippen MR) is 414 cm³/mol. The Labute approximate surface area is 619 Å². The number of carbonyl (C=O) groups excluding carboxylic acids is 4. The topological polar surface area (TPSA) is 237 Å². The second kappa shape index (κ2) is 71.0. The number of phosphoric acid groups is 2. The number of esters is 4. The molecule has 0 aliphatic carbocycles. The van der Waals surface area contributed by atoms with Crippen LogP contribution in [0.15, 0.2) is 0 Å². The zero-order valence-corrected chi connectivity index (χ0v) is 68.3. The second-order valence-corrected chi connectivity index (χ2v) is 33.9. The van der Waals surface area contributed by atoms with E-state index in [1.165, 1.54) is 212 Å². The summed E-state index contributed by atoms with van der Waals surface area (Å²) in [4.78, 5) is 73.0. The van der Waals surface area contributed by atoms with Gasteiger partial charge in [0.05, 0.1) is 26.4 Å². The standard InChI is InChI=1S/C82H160O17P2/c1-9-74(7)60-52-44-36-30-26-22-18-13-11-12-14-19-23-27-31-37-48-57-65-82(87)99-78(69-93-80(85)63-55-47-41-40-45-53-61-75(8)10-2)71-97-101(90,91)95-67-76(83)66-94-100(88,89)96-70-77(68-92-79(84)62-54-46-39-33-35-43-51-59-73(5)6)98-81(86)64-56-49-38-32-28-24-20-16-15-17-21-25-29-34-42-50-58-72(3)4/h72-78,83H,9-71H2,1-8H3,(H,88,89)(H,90,91)/t74?,75?,76-,77-,78-/m1/s1. The van der Waals surface area contributed by atoms with E-state index < -0.39 is 97.5 Å². The number of phosphoric ester groups is 2. The molecule has 4 unspecified atom stereocenters. The number of hydrogen-bond donors (Lipinski definition) is 3. The Morgan fingerprint density at radius 3 is 0.703 bits per heavy atom. The van der Waals surface area contributed by atoms with Gasteiger partial charge in [-0.3, -0.25) is 37.3 Å². The molecule has 0 saturated heterocycles. The van der Waals surface area contributed by atoms with Gasteiger partial charge in [-0.05, 0) is 49.4 Å². The summed E-state index contributed by atoms with van der Waals surface area (Å²) in [6.07, 6.45) is 58.5. The van der Waals surface area contributed by atoms with Crippen molar-refractivity contribution < 1.29 is 80.2 Å². The minimum Gasteiger partial charge on any atom is -0.462 e. The highest BCUT2D eigenvalue weighted by Crippen LogP contribution is 2.45. The predicted octanol–water partition coefficient (Wildman–Crippen LogP) is 24.4. The Morgan fingerprint density at radius 2 is 0.475 bits per heavy atom. The fourth-order valence-electron chi connectivity index (χ4n) is 12.5. The number of hydrogen-bond acceptors (Lipinski definition) is 15. The molecule has 0 aromatic rings. The summed E-state index contributed by atoms with van der Waals surface area (Å²) in [5, 5.41) is 10.6. The van der Waals surface area contributed by atoms with Crippen LogP contribution in [0.1, 0.15) is 421 Å². The monoisotopic (exact) mass is 1480 g/mol. The van der Waals surface area contributed by atoms with E-state index in [4.69, 9.17) is 37.0 Å². The molecule has 0 radical (unpaired) electrons. The van der Waals surface area contributed by atoms with Crippen LogP contribution in [0.5, 0.6) is 0 Å². The van der Waals surface area contributed by atoms with Crippen LogP contribution in [0.4, 0.5) is 0 Å². The first kappa shape index (κ1) is 99.1. The van der Waals surface area contributed by atoms with Gasteiger partial charge in [-0.15, -0.1) is 0 Å². The zero-order valence-electron chi connectivity index (χ0n) is 66.5. The van der Waals surface area contributed by atoms with Crippen LogP contribution in [0.2, 0.25) is 0 Å². The molecule has 0 rings (SSSR count). The van der Waals surface area contributed by atoms with E-state index >= 15 is 0 Å². The molecule has 3 N–H and O–H groups in total. The van der Waals surface area contributed by atoms with Crippen LogP contribution in [-0.4, -0.2) is 96.7 Å². The molecule has 0 aromatic heterocycles. The molecule has 17 nitrogen and oxygen atoms in total. The van der Waals surface area contributed by atoms with Crippen molar-refractivity contribution in [2.45, 2.75) is 440 Å². The summed E-state index contributed by atoms with van der Waals surface area (Å²) in [7, 11) is -9.92. The third kappa shape index (κ3) is 73.4. The number of carbonyl (C=O) groups is 4. The van der Waals surface area contributed by atoms with E-state index in [1.807, 2.05) is 0 Å². The molecule has 0 heterocycles. The quantitative estimate of drug-likeness (QED) is 0.0222. The largest absolute Gasteiger partial charge is 0.472 e. The number of ether oxygens (including phenoxy) is 4. The maximum Gasteiger partial charge on any atom is 0.472 e. The number of aliphatic hydroxyl groups excluding tert-OH is 1. The highest BCUT2D eigenvalue weighted by Gasteiger charge is 2.30. The van der Waals surface area contributed by atoms with E-state index in [-0.39, 0.29) is 25.7 Å². The molecule has 7 atom stereocenters. The third-order valence-electron chi connectivity index (χ3n) is 19.8. The van der Waals surface area contributed by atoms with Crippen molar-refractivity contribution in [1.82, 2.24) is 0 Å². The minimum absolute atomic E-state index is 0.107. The minimum atomic E-state index is -4.96. The van der Waals surface area contributed by atoms with E-state index in [2.05, 4.69) is 55.4 Å². The van der Waals surface area contributed by atoms with E-state index in [0.717, 1.165) is 120 Å². The maximum atomic E-state index is 13.1. The van der Waals surface area contributed by atoms with Crippen LogP contribution >= 0.6 is 15.6 Å². The van der Waals surface area contributed by atoms with Gasteiger partial charge in [0.2, 0.25) is 0 Å². The number of rotatable bonds is 79. The van der Waals surface area contributed by atoms with Crippen molar-refractivity contribution in [3.8, 4) is 0 Å². The molecule has 0 aromatic carbocycles. The second-order valence-electron chi connectivity index (χ2n) is 31.0. The fourth-order valence-corrected chi connectivity index (χ4v) is 14.1. The van der Waals surface area contributed by atoms with Gasteiger partial charge in [0.25, 0.3) is 0 Å². The molecule has 0 spiro atoms. The van der Waals surface area contributed by atoms with Crippen molar-refractivity contribution in [2.75, 3.05) is 39.6 Å². The van der Waals surface area contributed by atoms with Crippen molar-refractivity contribution in [3.63, 3.8) is 0 Å². The van der Waals surface area contributed by atoms with Crippen molar-refractivity contribution in [3.05, 3.63) is 0 Å². The average Bonchev–Trinajstić information content (AvgIpc) is 0.926. The van der Waals surface area contributed by atoms with Gasteiger partial charge < -0.3 is 33.8 Å². The molecule has 0 bridgehead atoms. The molecule has 0 saturated carbocycles. The van der Waals surface area contributed by atoms with Crippen LogP contribution < -0.4 is 0 Å². The summed E-state index contributed by atoms with van der Waals surface area (Å²) in [5.74, 6) is 0.999. The van der Waals surface area contributed by atoms with Crippen LogP contribution in [0, 0.1) is 23.7 Å². The van der Waals surface area contributed by atoms with Crippen LogP contribution in [-0.2, 0) is 65.4 Å². The lowest BCUT2D eigenvalue weighted by atomic mass is 9.99. The van der Waals surface area contributed by atoms with Crippen LogP contribution in [0.3, 0.4) is 0 Å². The highest BCUT2D eigenvalue weighted by atomic mass is 31.2. The molecular formula is C82H160O17P2. The van der Waals surface area contributed by atoms with Crippen LogP contribution in [0.25, 0.3) is 0 Å². The van der Waals surface area contributed by atoms with E-state index in [1.54, 1.807) is 0 Å². The van der Waals surface area contributed by atoms with Gasteiger partial charge in [0.1, 0.15) is 19.3 Å². The summed E-state index contributed by atoms with van der Waals surface area (Å²) in [6.45, 7) is 14.2. The van der Waals surface area contributed by atoms with Crippen molar-refractivity contribution in [1.29, 1.82) is 0 Å². The Balaban J connectivity index is 5.15. The van der Waals surface area contributed by atoms with Gasteiger partial charge in [-0.25, -0.2) is 9.13 Å². The van der Waals surface area contributed by atoms with Crippen molar-refractivity contribution >= 4 is 39.5 Å². The molecule has 19 heteroatoms. The van der Waals surface area contributed by atoms with Gasteiger partial charge >= 0.3 is 39.5 Å². The maximum absolute atomic E-state index is 13.1. The molecule has 0 aliphatic heterocycles. The Bertz CT molecular complexity index is 1980. The Kier molecular flexibility index (Phi) is 69.6. The molecule has 0 aliphatic rings. The van der Waals surface area contributed by atoms with Gasteiger partial charge in [0.15, 0.2) is 12.2 Å². The van der Waals surface area contributed by atoms with Gasteiger partial charge in [-0.1, -0.05) is 370 Å². The summed E-state index contributed by atoms with van der Waals surface area (Å²) < 4.78 is 68.7. The highest BCUT2D eigenvalue weighted by molar-refractivity contribution is 7.47.